The van der Waals surface area contributed by atoms with Crippen molar-refractivity contribution in [3.63, 3.8) is 0 Å². The molecule has 1 aliphatic rings. The number of aliphatic hydroxyl groups is 1. The summed E-state index contributed by atoms with van der Waals surface area (Å²) in [7, 11) is 0. The molecule has 0 unspecified atom stereocenters. The second-order valence-electron chi connectivity index (χ2n) is 7.05. The molecule has 2 aromatic carbocycles. The maximum absolute atomic E-state index is 13.9. The Morgan fingerprint density at radius 2 is 2.00 bits per heavy atom. The lowest BCUT2D eigenvalue weighted by Gasteiger charge is -2.33. The number of aromatic nitrogens is 2. The fourth-order valence-corrected chi connectivity index (χ4v) is 3.52. The fourth-order valence-electron chi connectivity index (χ4n) is 3.30. The third-order valence-electron chi connectivity index (χ3n) is 5.05. The number of alkyl halides is 2. The maximum atomic E-state index is 13.9. The van der Waals surface area contributed by atoms with Crippen molar-refractivity contribution in [2.75, 3.05) is 5.32 Å². The Kier molecular flexibility index (Phi) is 4.59. The number of hydrogen-bond donors (Lipinski definition) is 2. The predicted molar refractivity (Wildman–Crippen MR) is 105 cm³/mol. The molecule has 0 spiro atoms. The van der Waals surface area contributed by atoms with Crippen LogP contribution < -0.4 is 11.0 Å². The van der Waals surface area contributed by atoms with E-state index in [1.54, 1.807) is 24.3 Å². The highest BCUT2D eigenvalue weighted by atomic mass is 35.5. The van der Waals surface area contributed by atoms with E-state index in [-0.39, 0.29) is 22.9 Å². The van der Waals surface area contributed by atoms with Crippen molar-refractivity contribution in [1.29, 1.82) is 0 Å². The van der Waals surface area contributed by atoms with Gasteiger partial charge in [0.25, 0.3) is 5.92 Å². The highest BCUT2D eigenvalue weighted by molar-refractivity contribution is 6.32. The van der Waals surface area contributed by atoms with Crippen LogP contribution in [0.5, 0.6) is 0 Å². The van der Waals surface area contributed by atoms with E-state index in [0.29, 0.717) is 22.5 Å². The van der Waals surface area contributed by atoms with Gasteiger partial charge in [-0.25, -0.2) is 13.6 Å². The maximum Gasteiger partial charge on any atom is 0.354 e. The first kappa shape index (κ1) is 18.8. The van der Waals surface area contributed by atoms with E-state index in [2.05, 4.69) is 10.3 Å². The van der Waals surface area contributed by atoms with Crippen molar-refractivity contribution in [3.8, 4) is 5.69 Å². The van der Waals surface area contributed by atoms with Crippen LogP contribution in [0.3, 0.4) is 0 Å². The van der Waals surface area contributed by atoms with Gasteiger partial charge in [-0.1, -0.05) is 29.8 Å². The van der Waals surface area contributed by atoms with Gasteiger partial charge in [-0.15, -0.1) is 0 Å². The summed E-state index contributed by atoms with van der Waals surface area (Å²) < 4.78 is 29.1. The Morgan fingerprint density at radius 1 is 1.25 bits per heavy atom. The molecule has 8 heteroatoms. The number of benzene rings is 2. The number of aliphatic hydroxyl groups excluding tert-OH is 1. The normalized spacial score (nSPS) is 19.5. The van der Waals surface area contributed by atoms with Gasteiger partial charge in [-0.3, -0.25) is 4.57 Å². The topological polar surface area (TPSA) is 67.2 Å². The van der Waals surface area contributed by atoms with Crippen molar-refractivity contribution in [3.05, 3.63) is 63.5 Å². The first-order chi connectivity index (χ1) is 13.3. The van der Waals surface area contributed by atoms with Crippen LogP contribution in [-0.4, -0.2) is 26.8 Å². The number of rotatable bonds is 4. The van der Waals surface area contributed by atoms with Crippen molar-refractivity contribution in [1.82, 2.24) is 9.55 Å². The zero-order chi connectivity index (χ0) is 20.1. The average molecular weight is 406 g/mol. The second kappa shape index (κ2) is 6.83. The summed E-state index contributed by atoms with van der Waals surface area (Å²) in [6.07, 6.45) is 0.878. The monoisotopic (exact) mass is 405 g/mol. The number of anilines is 1. The lowest BCUT2D eigenvalue weighted by atomic mass is 9.89. The number of para-hydroxylation sites is 1. The van der Waals surface area contributed by atoms with Crippen molar-refractivity contribution >= 4 is 28.3 Å². The van der Waals surface area contributed by atoms with Gasteiger partial charge in [-0.2, -0.15) is 4.98 Å². The van der Waals surface area contributed by atoms with Crippen LogP contribution in [0.2, 0.25) is 5.02 Å². The van der Waals surface area contributed by atoms with E-state index in [1.165, 1.54) is 22.8 Å². The standard InChI is InChI=1S/C20H18ClF2N3O2/c1-20(22,23)11-6-7-12-16(10-11)26(15-5-3-2-4-13(15)21)19(28)25-18(12)24-14-8-9-17(14)27/h2-7,10,14,17,27H,8-9H2,1H3,(H,24,25,28)/t14-,17-/m1/s1. The largest absolute Gasteiger partial charge is 0.391 e. The molecule has 2 atom stereocenters. The summed E-state index contributed by atoms with van der Waals surface area (Å²) in [5.74, 6) is -2.81. The zero-order valence-corrected chi connectivity index (χ0v) is 15.8. The van der Waals surface area contributed by atoms with E-state index >= 15 is 0 Å². The molecule has 0 bridgehead atoms. The molecule has 1 heterocycles. The Hall–Kier alpha value is -2.51. The van der Waals surface area contributed by atoms with Crippen LogP contribution in [0.4, 0.5) is 14.6 Å². The molecule has 28 heavy (non-hydrogen) atoms. The molecule has 1 aliphatic carbocycles. The van der Waals surface area contributed by atoms with Crippen LogP contribution in [0.15, 0.2) is 47.3 Å². The minimum atomic E-state index is -3.07. The molecule has 146 valence electrons. The van der Waals surface area contributed by atoms with Gasteiger partial charge in [0.1, 0.15) is 5.82 Å². The number of nitrogens with one attached hydrogen (secondary N) is 1. The molecule has 4 rings (SSSR count). The lowest BCUT2D eigenvalue weighted by Crippen LogP contribution is -2.43. The third-order valence-corrected chi connectivity index (χ3v) is 5.37. The molecule has 3 aromatic rings. The summed E-state index contributed by atoms with van der Waals surface area (Å²) in [6.45, 7) is 0.803. The first-order valence-corrected chi connectivity index (χ1v) is 9.28. The van der Waals surface area contributed by atoms with E-state index in [9.17, 15) is 18.7 Å². The van der Waals surface area contributed by atoms with E-state index < -0.39 is 17.7 Å². The highest BCUT2D eigenvalue weighted by Crippen LogP contribution is 2.33. The second-order valence-corrected chi connectivity index (χ2v) is 7.45. The van der Waals surface area contributed by atoms with Crippen molar-refractivity contribution in [2.24, 2.45) is 0 Å². The SMILES string of the molecule is CC(F)(F)c1ccc2c(N[C@@H]3CC[C@H]3O)nc(=O)n(-c3ccccc3Cl)c2c1. The van der Waals surface area contributed by atoms with Gasteiger partial charge >= 0.3 is 5.69 Å². The molecule has 0 saturated heterocycles. The van der Waals surface area contributed by atoms with Gasteiger partial charge in [0.2, 0.25) is 0 Å². The fraction of sp³-hybridized carbons (Fsp3) is 0.300. The number of nitrogens with zero attached hydrogens (tertiary/aromatic N) is 2. The Balaban J connectivity index is 1.99. The molecule has 1 fully saturated rings. The van der Waals surface area contributed by atoms with Crippen LogP contribution in [0.25, 0.3) is 16.6 Å². The summed E-state index contributed by atoms with van der Waals surface area (Å²) in [5.41, 5.74) is -0.239. The lowest BCUT2D eigenvalue weighted by molar-refractivity contribution is 0.0176. The number of fused-ring (bicyclic) bond motifs is 1. The van der Waals surface area contributed by atoms with Gasteiger partial charge in [-0.05, 0) is 37.1 Å². The summed E-state index contributed by atoms with van der Waals surface area (Å²) >= 11 is 6.25. The van der Waals surface area contributed by atoms with Crippen molar-refractivity contribution < 1.29 is 13.9 Å². The minimum absolute atomic E-state index is 0.221. The van der Waals surface area contributed by atoms with Crippen LogP contribution >= 0.6 is 11.6 Å². The summed E-state index contributed by atoms with van der Waals surface area (Å²) in [5, 5.41) is 13.7. The van der Waals surface area contributed by atoms with Crippen molar-refractivity contribution in [2.45, 2.75) is 37.8 Å². The molecule has 1 saturated carbocycles. The Labute approximate surface area is 164 Å². The smallest absolute Gasteiger partial charge is 0.354 e. The molecule has 5 nitrogen and oxygen atoms in total. The Bertz CT molecular complexity index is 1110. The molecule has 0 amide bonds. The molecular weight excluding hydrogens is 388 g/mol. The zero-order valence-electron chi connectivity index (χ0n) is 15.0. The molecule has 1 aromatic heterocycles. The first-order valence-electron chi connectivity index (χ1n) is 8.90. The minimum Gasteiger partial charge on any atom is -0.391 e. The van der Waals surface area contributed by atoms with Gasteiger partial charge in [0.05, 0.1) is 28.4 Å². The van der Waals surface area contributed by atoms with Crippen LogP contribution in [-0.2, 0) is 5.92 Å². The Morgan fingerprint density at radius 3 is 2.61 bits per heavy atom. The molecule has 0 aliphatic heterocycles. The summed E-state index contributed by atoms with van der Waals surface area (Å²) in [6, 6.07) is 10.5. The van der Waals surface area contributed by atoms with Gasteiger partial charge in [0.15, 0.2) is 0 Å². The van der Waals surface area contributed by atoms with Gasteiger partial charge in [0, 0.05) is 17.9 Å². The van der Waals surface area contributed by atoms with E-state index in [4.69, 9.17) is 11.6 Å². The third kappa shape index (κ3) is 3.25. The van der Waals surface area contributed by atoms with E-state index in [0.717, 1.165) is 13.3 Å². The average Bonchev–Trinajstić information content (AvgIpc) is 2.64. The number of hydrogen-bond acceptors (Lipinski definition) is 4. The summed E-state index contributed by atoms with van der Waals surface area (Å²) in [4.78, 5) is 16.9. The molecular formula is C20H18ClF2N3O2. The highest BCUT2D eigenvalue weighted by Gasteiger charge is 2.30. The molecule has 0 radical (unpaired) electrons. The number of halogens is 3. The van der Waals surface area contributed by atoms with E-state index in [1.807, 2.05) is 0 Å². The predicted octanol–water partition coefficient (Wildman–Crippen LogP) is 4.09. The van der Waals surface area contributed by atoms with Gasteiger partial charge < -0.3 is 10.4 Å². The quantitative estimate of drug-likeness (QED) is 0.686. The molecule has 2 N–H and O–H groups in total. The van der Waals surface area contributed by atoms with Crippen LogP contribution in [0, 0.1) is 0 Å². The van der Waals surface area contributed by atoms with Crippen LogP contribution in [0.1, 0.15) is 25.3 Å².